The van der Waals surface area contributed by atoms with E-state index < -0.39 is 40.9 Å². The number of rotatable bonds is 37. The van der Waals surface area contributed by atoms with Crippen molar-refractivity contribution >= 4 is 47.6 Å². The molecule has 28 nitrogen and oxygen atoms in total. The summed E-state index contributed by atoms with van der Waals surface area (Å²) in [6, 6.07) is -1.67. The average molecular weight is 1120 g/mol. The van der Waals surface area contributed by atoms with Crippen LogP contribution in [0.15, 0.2) is 0 Å². The van der Waals surface area contributed by atoms with Crippen molar-refractivity contribution in [1.82, 2.24) is 59.8 Å². The molecule has 2 aliphatic carbocycles. The van der Waals surface area contributed by atoms with E-state index in [-0.39, 0.29) is 94.5 Å². The Morgan fingerprint density at radius 2 is 0.725 bits per heavy atom. The average Bonchev–Trinajstić information content (AvgIpc) is 3.48. The molecule has 0 radical (unpaired) electrons. The highest BCUT2D eigenvalue weighted by Crippen LogP contribution is 2.63. The van der Waals surface area contributed by atoms with E-state index in [1.807, 2.05) is 27.7 Å². The van der Waals surface area contributed by atoms with E-state index in [0.29, 0.717) is 158 Å². The molecule has 2 fully saturated rings. The SMILES string of the molecule is CCC(CO)Nc1nc(NC(CC)CO)nc(C2CCCCC2(c2nc(NC(CC)CO)nc(NC(CC)CO)n2)C2(c3nc(NCCCO)nc(NCCCO)n3)CCC(c3nc(NCCCO)nc(NCCCO)n3)CC2)n1. The minimum absolute atomic E-state index is 0.0179. The number of aliphatic hydroxyl groups excluding tert-OH is 8. The lowest BCUT2D eigenvalue weighted by molar-refractivity contribution is 0.0591. The summed E-state index contributed by atoms with van der Waals surface area (Å²) in [5, 5.41) is 108. The lowest BCUT2D eigenvalue weighted by Crippen LogP contribution is -2.58. The third kappa shape index (κ3) is 16.4. The van der Waals surface area contributed by atoms with E-state index in [1.165, 1.54) is 0 Å². The minimum atomic E-state index is -1.23. The van der Waals surface area contributed by atoms with Crippen molar-refractivity contribution in [2.75, 3.05) is 122 Å². The summed E-state index contributed by atoms with van der Waals surface area (Å²) in [6.07, 6.45) is 8.17. The van der Waals surface area contributed by atoms with Crippen LogP contribution < -0.4 is 42.5 Å². The molecular weight excluding hydrogens is 1030 g/mol. The molecule has 0 bridgehead atoms. The second kappa shape index (κ2) is 32.5. The van der Waals surface area contributed by atoms with Crippen LogP contribution in [0.5, 0.6) is 0 Å². The number of aromatic nitrogens is 12. The van der Waals surface area contributed by atoms with Gasteiger partial charge in [-0.05, 0) is 89.9 Å². The van der Waals surface area contributed by atoms with Crippen molar-refractivity contribution in [2.24, 2.45) is 0 Å². The van der Waals surface area contributed by atoms with Crippen LogP contribution >= 0.6 is 0 Å². The molecule has 0 saturated heterocycles. The number of anilines is 8. The third-order valence-electron chi connectivity index (χ3n) is 15.3. The van der Waals surface area contributed by atoms with Crippen molar-refractivity contribution in [3.05, 3.63) is 23.3 Å². The molecule has 2 aliphatic rings. The molecule has 28 heteroatoms. The maximum absolute atomic E-state index is 10.6. The highest BCUT2D eigenvalue weighted by molar-refractivity contribution is 5.47. The van der Waals surface area contributed by atoms with Crippen LogP contribution in [0.4, 0.5) is 47.6 Å². The van der Waals surface area contributed by atoms with Crippen LogP contribution in [0.25, 0.3) is 0 Å². The standard InChI is InChI=1S/C52H90N20O8/c1-5-34(29-77)57-47-63-40(64-48(71-47)58-35(6-2)30-78)38-15-9-10-18-52(38,42-67-49(59-36(7-3)31-79)72-50(68-42)60-37(8-4)32-80)51(41-65-45(55-23-13-27-75)70-46(66-41)56-24-14-28-76)19-16-33(17-20-51)39-61-43(53-21-11-25-73)69-44(62-39)54-22-12-26-74/h33-38,73-80H,5-32H2,1-4H3,(H2,53,54,61,62,69)(H2,55,56,65,66,70)(H2,57,58,63,64,71)(H2,59,60,67,68,72). The first-order valence-corrected chi connectivity index (χ1v) is 29.0. The zero-order chi connectivity index (χ0) is 57.3. The van der Waals surface area contributed by atoms with E-state index in [1.54, 1.807) is 0 Å². The fourth-order valence-corrected chi connectivity index (χ4v) is 10.6. The first kappa shape index (κ1) is 63.3. The van der Waals surface area contributed by atoms with Gasteiger partial charge in [0.1, 0.15) is 23.3 Å². The van der Waals surface area contributed by atoms with Gasteiger partial charge in [0.2, 0.25) is 47.6 Å². The third-order valence-corrected chi connectivity index (χ3v) is 15.3. The smallest absolute Gasteiger partial charge is 0.228 e. The van der Waals surface area contributed by atoms with Gasteiger partial charge in [-0.3, -0.25) is 0 Å². The summed E-state index contributed by atoms with van der Waals surface area (Å²) in [7, 11) is 0. The normalized spacial score (nSPS) is 20.8. The molecule has 4 aromatic rings. The monoisotopic (exact) mass is 1120 g/mol. The van der Waals surface area contributed by atoms with Crippen LogP contribution in [-0.2, 0) is 10.8 Å². The Hall–Kier alpha value is -5.88. The molecule has 4 aromatic heterocycles. The number of nitrogens with one attached hydrogen (secondary N) is 8. The largest absolute Gasteiger partial charge is 0.396 e. The molecule has 0 aliphatic heterocycles. The summed E-state index contributed by atoms with van der Waals surface area (Å²) < 4.78 is 0. The molecule has 0 spiro atoms. The number of hydrogen-bond acceptors (Lipinski definition) is 28. The van der Waals surface area contributed by atoms with Crippen molar-refractivity contribution in [3.8, 4) is 0 Å². The molecule has 6 rings (SSSR count). The van der Waals surface area contributed by atoms with Gasteiger partial charge in [0.25, 0.3) is 0 Å². The molecule has 2 saturated carbocycles. The summed E-state index contributed by atoms with van der Waals surface area (Å²) in [6.45, 7) is 8.39. The van der Waals surface area contributed by atoms with Gasteiger partial charge in [0.15, 0.2) is 0 Å². The van der Waals surface area contributed by atoms with Crippen LogP contribution in [0, 0.1) is 0 Å². The lowest BCUT2D eigenvalue weighted by atomic mass is 9.46. The van der Waals surface area contributed by atoms with E-state index >= 15 is 0 Å². The first-order chi connectivity index (χ1) is 39.0. The minimum Gasteiger partial charge on any atom is -0.396 e. The summed E-state index contributed by atoms with van der Waals surface area (Å²) in [5.74, 6) is 2.92. The number of hydrogen-bond donors (Lipinski definition) is 16. The Kier molecular flexibility index (Phi) is 25.7. The summed E-state index contributed by atoms with van der Waals surface area (Å²) >= 11 is 0. The fraction of sp³-hybridized carbons (Fsp3) is 0.769. The Labute approximate surface area is 469 Å². The van der Waals surface area contributed by atoms with Gasteiger partial charge in [-0.1, -0.05) is 40.5 Å². The number of aliphatic hydroxyl groups is 8. The van der Waals surface area contributed by atoms with Crippen molar-refractivity contribution in [2.45, 2.75) is 177 Å². The Balaban J connectivity index is 1.72. The van der Waals surface area contributed by atoms with E-state index in [0.717, 1.165) is 6.42 Å². The van der Waals surface area contributed by atoms with Crippen LogP contribution in [0.3, 0.4) is 0 Å². The lowest BCUT2D eigenvalue weighted by Gasteiger charge is -2.56. The molecule has 6 atom stereocenters. The first-order valence-electron chi connectivity index (χ1n) is 29.0. The summed E-state index contributed by atoms with van der Waals surface area (Å²) in [5.41, 5.74) is -2.36. The van der Waals surface area contributed by atoms with E-state index in [2.05, 4.69) is 47.5 Å². The Bertz CT molecular complexity index is 2310. The molecular formula is C52H90N20O8. The molecule has 80 heavy (non-hydrogen) atoms. The van der Waals surface area contributed by atoms with Crippen LogP contribution in [0.2, 0.25) is 0 Å². The Morgan fingerprint density at radius 1 is 0.388 bits per heavy atom. The fourth-order valence-electron chi connectivity index (χ4n) is 10.6. The highest BCUT2D eigenvalue weighted by atomic mass is 16.3. The Morgan fingerprint density at radius 3 is 1.09 bits per heavy atom. The zero-order valence-electron chi connectivity index (χ0n) is 47.2. The second-order valence-corrected chi connectivity index (χ2v) is 20.7. The quantitative estimate of drug-likeness (QED) is 0.0288. The topological polar surface area (TPSA) is 413 Å². The van der Waals surface area contributed by atoms with Gasteiger partial charge in [0, 0.05) is 69.9 Å². The van der Waals surface area contributed by atoms with Crippen molar-refractivity contribution in [1.29, 1.82) is 0 Å². The van der Waals surface area contributed by atoms with Gasteiger partial charge in [-0.2, -0.15) is 59.8 Å². The van der Waals surface area contributed by atoms with Gasteiger partial charge in [-0.15, -0.1) is 0 Å². The molecule has 0 amide bonds. The zero-order valence-corrected chi connectivity index (χ0v) is 47.2. The number of nitrogens with zero attached hydrogens (tertiary/aromatic N) is 12. The van der Waals surface area contributed by atoms with Gasteiger partial charge in [0.05, 0.1) is 56.0 Å². The molecule has 446 valence electrons. The van der Waals surface area contributed by atoms with Gasteiger partial charge >= 0.3 is 0 Å². The predicted octanol–water partition coefficient (Wildman–Crippen LogP) is 2.23. The van der Waals surface area contributed by atoms with Gasteiger partial charge < -0.3 is 83.4 Å². The van der Waals surface area contributed by atoms with Gasteiger partial charge in [-0.25, -0.2) is 0 Å². The van der Waals surface area contributed by atoms with E-state index in [4.69, 9.17) is 54.8 Å². The molecule has 6 unspecified atom stereocenters. The van der Waals surface area contributed by atoms with Crippen LogP contribution in [0.1, 0.15) is 166 Å². The maximum atomic E-state index is 10.6. The maximum Gasteiger partial charge on any atom is 0.228 e. The second-order valence-electron chi connectivity index (χ2n) is 20.7. The van der Waals surface area contributed by atoms with E-state index in [9.17, 15) is 40.9 Å². The van der Waals surface area contributed by atoms with Crippen molar-refractivity contribution in [3.63, 3.8) is 0 Å². The van der Waals surface area contributed by atoms with Crippen molar-refractivity contribution < 1.29 is 40.9 Å². The molecule has 4 heterocycles. The predicted molar refractivity (Wildman–Crippen MR) is 305 cm³/mol. The van der Waals surface area contributed by atoms with Crippen LogP contribution in [-0.4, -0.2) is 204 Å². The molecule has 0 aromatic carbocycles. The summed E-state index contributed by atoms with van der Waals surface area (Å²) in [4.78, 5) is 61.2. The highest BCUT2D eigenvalue weighted by Gasteiger charge is 2.64. The molecule has 16 N–H and O–H groups in total.